The second-order valence-corrected chi connectivity index (χ2v) is 9.57. The first-order valence-electron chi connectivity index (χ1n) is 9.94. The smallest absolute Gasteiger partial charge is 0.246 e. The minimum atomic E-state index is -3.81. The number of benzene rings is 2. The molecule has 1 spiro atoms. The van der Waals surface area contributed by atoms with Gasteiger partial charge >= 0.3 is 0 Å². The fourth-order valence-electron chi connectivity index (χ4n) is 4.14. The summed E-state index contributed by atoms with van der Waals surface area (Å²) in [5, 5.41) is 0. The van der Waals surface area contributed by atoms with E-state index in [9.17, 15) is 13.2 Å². The van der Waals surface area contributed by atoms with E-state index in [-0.39, 0.29) is 35.9 Å². The molecule has 0 unspecified atom stereocenters. The summed E-state index contributed by atoms with van der Waals surface area (Å²) in [5.74, 6) is 1.77. The van der Waals surface area contributed by atoms with Crippen LogP contribution < -0.4 is 18.9 Å². The third-order valence-corrected chi connectivity index (χ3v) is 7.84. The van der Waals surface area contributed by atoms with Gasteiger partial charge in [0.15, 0.2) is 5.78 Å². The first-order chi connectivity index (χ1) is 14.8. The second kappa shape index (κ2) is 8.05. The molecule has 1 fully saturated rings. The molecule has 0 amide bonds. The van der Waals surface area contributed by atoms with Crippen molar-refractivity contribution in [2.24, 2.45) is 0 Å². The Morgan fingerprint density at radius 2 is 1.58 bits per heavy atom. The highest BCUT2D eigenvalue weighted by molar-refractivity contribution is 7.89. The summed E-state index contributed by atoms with van der Waals surface area (Å²) in [7, 11) is 0.653. The Kier molecular flexibility index (Phi) is 5.57. The van der Waals surface area contributed by atoms with Gasteiger partial charge in [-0.15, -0.1) is 0 Å². The Labute approximate surface area is 181 Å². The molecule has 9 heteroatoms. The van der Waals surface area contributed by atoms with E-state index in [0.29, 0.717) is 35.7 Å². The summed E-state index contributed by atoms with van der Waals surface area (Å²) in [5.41, 5.74) is -0.191. The van der Waals surface area contributed by atoms with Gasteiger partial charge in [0.2, 0.25) is 10.0 Å². The molecule has 0 N–H and O–H groups in total. The van der Waals surface area contributed by atoms with Crippen molar-refractivity contribution in [2.45, 2.75) is 29.8 Å². The number of ketones is 1. The third-order valence-electron chi connectivity index (χ3n) is 5.92. The molecule has 2 aliphatic rings. The second-order valence-electron chi connectivity index (χ2n) is 7.67. The molecular weight excluding hydrogens is 422 g/mol. The Hall–Kier alpha value is -2.78. The molecule has 2 aromatic carbocycles. The monoisotopic (exact) mass is 447 g/mol. The van der Waals surface area contributed by atoms with E-state index < -0.39 is 15.6 Å². The van der Waals surface area contributed by atoms with Crippen molar-refractivity contribution in [2.75, 3.05) is 34.4 Å². The number of nitrogens with zero attached hydrogens (tertiary/aromatic N) is 1. The van der Waals surface area contributed by atoms with E-state index in [1.54, 1.807) is 37.4 Å². The molecule has 2 heterocycles. The minimum absolute atomic E-state index is 0.00493. The quantitative estimate of drug-likeness (QED) is 0.696. The molecule has 166 valence electrons. The van der Waals surface area contributed by atoms with Crippen LogP contribution in [0.2, 0.25) is 0 Å². The molecule has 4 rings (SSSR count). The van der Waals surface area contributed by atoms with Crippen molar-refractivity contribution in [3.63, 3.8) is 0 Å². The highest BCUT2D eigenvalue weighted by Crippen LogP contribution is 2.42. The summed E-state index contributed by atoms with van der Waals surface area (Å²) < 4.78 is 50.0. The average Bonchev–Trinajstić information content (AvgIpc) is 2.78. The first kappa shape index (κ1) is 21.5. The van der Waals surface area contributed by atoms with Crippen LogP contribution in [-0.2, 0) is 10.0 Å². The van der Waals surface area contributed by atoms with Crippen molar-refractivity contribution in [3.05, 3.63) is 42.0 Å². The number of hydrogen-bond acceptors (Lipinski definition) is 7. The number of carbonyl (C=O) groups excluding carboxylic acids is 1. The Morgan fingerprint density at radius 3 is 2.23 bits per heavy atom. The van der Waals surface area contributed by atoms with Gasteiger partial charge in [0, 0.05) is 38.1 Å². The Bertz CT molecular complexity index is 1100. The van der Waals surface area contributed by atoms with Crippen LogP contribution in [0.5, 0.6) is 23.0 Å². The maximum atomic E-state index is 13.3. The van der Waals surface area contributed by atoms with Gasteiger partial charge in [0.05, 0.1) is 33.3 Å². The zero-order valence-corrected chi connectivity index (χ0v) is 18.5. The van der Waals surface area contributed by atoms with Gasteiger partial charge in [0.1, 0.15) is 33.5 Å². The predicted octanol–water partition coefficient (Wildman–Crippen LogP) is 2.90. The predicted molar refractivity (Wildman–Crippen MR) is 113 cm³/mol. The number of methoxy groups -OCH3 is 3. The van der Waals surface area contributed by atoms with Crippen molar-refractivity contribution < 1.29 is 32.2 Å². The Balaban J connectivity index is 1.57. The van der Waals surface area contributed by atoms with Crippen LogP contribution in [-0.4, -0.2) is 58.5 Å². The van der Waals surface area contributed by atoms with Crippen LogP contribution in [0.25, 0.3) is 0 Å². The van der Waals surface area contributed by atoms with Crippen LogP contribution in [0.15, 0.2) is 41.3 Å². The number of fused-ring (bicyclic) bond motifs is 1. The van der Waals surface area contributed by atoms with Crippen molar-refractivity contribution in [1.82, 2.24) is 4.31 Å². The van der Waals surface area contributed by atoms with Gasteiger partial charge < -0.3 is 18.9 Å². The van der Waals surface area contributed by atoms with E-state index in [1.165, 1.54) is 24.6 Å². The van der Waals surface area contributed by atoms with Crippen LogP contribution in [0.4, 0.5) is 0 Å². The number of Topliss-reactive ketones (excluding diaryl/α,β-unsaturated/α-hetero) is 1. The highest BCUT2D eigenvalue weighted by Gasteiger charge is 2.45. The number of rotatable bonds is 5. The van der Waals surface area contributed by atoms with E-state index >= 15 is 0 Å². The maximum Gasteiger partial charge on any atom is 0.246 e. The zero-order valence-electron chi connectivity index (χ0n) is 17.7. The number of hydrogen-bond donors (Lipinski definition) is 0. The third kappa shape index (κ3) is 3.83. The molecule has 2 aromatic rings. The summed E-state index contributed by atoms with van der Waals surface area (Å²) in [6.07, 6.45) is 1.03. The van der Waals surface area contributed by atoms with Gasteiger partial charge in [0.25, 0.3) is 0 Å². The molecule has 0 radical (unpaired) electrons. The standard InChI is InChI=1S/C22H25NO7S/c1-27-15-4-6-17-18(24)14-22(30-20(17)12-15)8-10-23(11-9-22)31(25,26)21-13-16(28-2)5-7-19(21)29-3/h4-7,12-13H,8-11,14H2,1-3H3. The molecule has 0 aromatic heterocycles. The largest absolute Gasteiger partial charge is 0.497 e. The highest BCUT2D eigenvalue weighted by atomic mass is 32.2. The first-order valence-corrected chi connectivity index (χ1v) is 11.4. The van der Waals surface area contributed by atoms with Crippen molar-refractivity contribution in [3.8, 4) is 23.0 Å². The molecule has 8 nitrogen and oxygen atoms in total. The van der Waals surface area contributed by atoms with Gasteiger partial charge in [-0.05, 0) is 24.3 Å². The summed E-state index contributed by atoms with van der Waals surface area (Å²) in [4.78, 5) is 12.8. The minimum Gasteiger partial charge on any atom is -0.497 e. The molecule has 0 aliphatic carbocycles. The molecule has 0 saturated carbocycles. The zero-order chi connectivity index (χ0) is 22.2. The van der Waals surface area contributed by atoms with Crippen LogP contribution in [0.3, 0.4) is 0 Å². The van der Waals surface area contributed by atoms with E-state index in [4.69, 9.17) is 18.9 Å². The fourth-order valence-corrected chi connectivity index (χ4v) is 5.75. The summed E-state index contributed by atoms with van der Waals surface area (Å²) in [6.45, 7) is 0.463. The summed E-state index contributed by atoms with van der Waals surface area (Å²) >= 11 is 0. The average molecular weight is 448 g/mol. The molecule has 0 bridgehead atoms. The van der Waals surface area contributed by atoms with E-state index in [2.05, 4.69) is 0 Å². The lowest BCUT2D eigenvalue weighted by atomic mass is 9.83. The van der Waals surface area contributed by atoms with Gasteiger partial charge in [-0.25, -0.2) is 8.42 Å². The van der Waals surface area contributed by atoms with Gasteiger partial charge in [-0.2, -0.15) is 4.31 Å². The lowest BCUT2D eigenvalue weighted by Gasteiger charge is -2.43. The lowest BCUT2D eigenvalue weighted by molar-refractivity contribution is 0.00576. The Morgan fingerprint density at radius 1 is 0.935 bits per heavy atom. The molecule has 0 atom stereocenters. The molecular formula is C22H25NO7S. The topological polar surface area (TPSA) is 91.4 Å². The van der Waals surface area contributed by atoms with Crippen LogP contribution in [0, 0.1) is 0 Å². The summed E-state index contributed by atoms with van der Waals surface area (Å²) in [6, 6.07) is 9.83. The fraction of sp³-hybridized carbons (Fsp3) is 0.409. The molecule has 31 heavy (non-hydrogen) atoms. The van der Waals surface area contributed by atoms with E-state index in [1.807, 2.05) is 0 Å². The number of piperidine rings is 1. The number of sulfonamides is 1. The van der Waals surface area contributed by atoms with Crippen molar-refractivity contribution in [1.29, 1.82) is 0 Å². The number of carbonyl (C=O) groups is 1. The van der Waals surface area contributed by atoms with Gasteiger partial charge in [-0.1, -0.05) is 0 Å². The molecule has 1 saturated heterocycles. The van der Waals surface area contributed by atoms with Crippen LogP contribution in [0.1, 0.15) is 29.6 Å². The van der Waals surface area contributed by atoms with E-state index in [0.717, 1.165) is 0 Å². The van der Waals surface area contributed by atoms with Gasteiger partial charge in [-0.3, -0.25) is 4.79 Å². The molecule has 2 aliphatic heterocycles. The number of ether oxygens (including phenoxy) is 4. The SMILES string of the molecule is COc1ccc2c(c1)OC1(CCN(S(=O)(=O)c3cc(OC)ccc3OC)CC1)CC2=O. The van der Waals surface area contributed by atoms with Crippen LogP contribution >= 0.6 is 0 Å². The normalized spacial score (nSPS) is 18.2. The van der Waals surface area contributed by atoms with Crippen molar-refractivity contribution >= 4 is 15.8 Å². The lowest BCUT2D eigenvalue weighted by Crippen LogP contribution is -2.52. The maximum absolute atomic E-state index is 13.3.